The quantitative estimate of drug-likeness (QED) is 0.848. The first-order valence-electron chi connectivity index (χ1n) is 5.29. The molecule has 0 aliphatic carbocycles. The van der Waals surface area contributed by atoms with Crippen LogP contribution in [0.3, 0.4) is 0 Å². The average molecular weight is 284 g/mol. The smallest absolute Gasteiger partial charge is 0.263 e. The number of nitrogens with one attached hydrogen (secondary N) is 1. The highest BCUT2D eigenvalue weighted by atomic mass is 35.5. The van der Waals surface area contributed by atoms with Crippen LogP contribution < -0.4 is 5.32 Å². The minimum absolute atomic E-state index is 0.260. The number of fused-ring (bicyclic) bond motifs is 1. The van der Waals surface area contributed by atoms with Crippen LogP contribution in [-0.4, -0.2) is 12.5 Å². The van der Waals surface area contributed by atoms with Crippen LogP contribution in [0.5, 0.6) is 0 Å². The molecule has 1 heterocycles. The van der Waals surface area contributed by atoms with E-state index in [9.17, 15) is 9.18 Å². The summed E-state index contributed by atoms with van der Waals surface area (Å²) in [5.74, 6) is -0.598. The molecule has 0 aliphatic rings. The zero-order chi connectivity index (χ0) is 13.3. The van der Waals surface area contributed by atoms with Gasteiger partial charge in [0.15, 0.2) is 0 Å². The summed E-state index contributed by atoms with van der Waals surface area (Å²) in [4.78, 5) is 12.3. The second kappa shape index (κ2) is 5.08. The summed E-state index contributed by atoms with van der Waals surface area (Å²) in [6.45, 7) is 5.93. The molecule has 1 aromatic heterocycles. The molecule has 94 valence electrons. The second-order valence-corrected chi connectivity index (χ2v) is 5.46. The van der Waals surface area contributed by atoms with Gasteiger partial charge in [-0.05, 0) is 25.1 Å². The first-order valence-corrected chi connectivity index (χ1v) is 6.48. The van der Waals surface area contributed by atoms with Crippen LogP contribution in [0.25, 0.3) is 10.1 Å². The Balaban J connectivity index is 2.36. The highest BCUT2D eigenvalue weighted by Gasteiger charge is 2.16. The third-order valence-electron chi connectivity index (χ3n) is 2.35. The van der Waals surface area contributed by atoms with Crippen LogP contribution >= 0.6 is 22.9 Å². The summed E-state index contributed by atoms with van der Waals surface area (Å²) < 4.78 is 13.8. The lowest BCUT2D eigenvalue weighted by Crippen LogP contribution is -2.24. The van der Waals surface area contributed by atoms with Crippen LogP contribution in [0, 0.1) is 5.82 Å². The largest absolute Gasteiger partial charge is 0.348 e. The summed E-state index contributed by atoms with van der Waals surface area (Å²) in [6.07, 6.45) is 0. The first-order chi connectivity index (χ1) is 8.49. The molecule has 0 bridgehead atoms. The van der Waals surface area contributed by atoms with Crippen molar-refractivity contribution in [3.8, 4) is 0 Å². The Hall–Kier alpha value is -1.39. The van der Waals surface area contributed by atoms with Crippen molar-refractivity contribution in [1.29, 1.82) is 0 Å². The van der Waals surface area contributed by atoms with E-state index in [-0.39, 0.29) is 11.7 Å². The van der Waals surface area contributed by atoms with Gasteiger partial charge in [0.1, 0.15) is 10.7 Å². The molecule has 5 heteroatoms. The summed E-state index contributed by atoms with van der Waals surface area (Å²) in [5.41, 5.74) is 0.853. The van der Waals surface area contributed by atoms with E-state index in [1.165, 1.54) is 23.5 Å². The van der Waals surface area contributed by atoms with Crippen molar-refractivity contribution in [3.63, 3.8) is 0 Å². The van der Waals surface area contributed by atoms with Crippen molar-refractivity contribution in [3.05, 3.63) is 46.1 Å². The number of hydrogen-bond donors (Lipinski definition) is 1. The number of amides is 1. The van der Waals surface area contributed by atoms with E-state index in [0.29, 0.717) is 26.5 Å². The van der Waals surface area contributed by atoms with Gasteiger partial charge in [-0.25, -0.2) is 4.39 Å². The van der Waals surface area contributed by atoms with Crippen molar-refractivity contribution in [1.82, 2.24) is 5.32 Å². The molecule has 2 aromatic rings. The fourth-order valence-electron chi connectivity index (χ4n) is 1.50. The number of rotatable bonds is 3. The van der Waals surface area contributed by atoms with E-state index in [2.05, 4.69) is 11.9 Å². The molecule has 2 nitrogen and oxygen atoms in total. The maximum atomic E-state index is 13.1. The zero-order valence-corrected chi connectivity index (χ0v) is 11.3. The minimum Gasteiger partial charge on any atom is -0.348 e. The molecule has 0 aliphatic heterocycles. The fourth-order valence-corrected chi connectivity index (χ4v) is 2.95. The van der Waals surface area contributed by atoms with Gasteiger partial charge in [-0.3, -0.25) is 4.79 Å². The molecule has 0 spiro atoms. The Morgan fingerprint density at radius 1 is 1.56 bits per heavy atom. The van der Waals surface area contributed by atoms with E-state index in [1.807, 2.05) is 6.92 Å². The van der Waals surface area contributed by atoms with E-state index >= 15 is 0 Å². The van der Waals surface area contributed by atoms with Crippen LogP contribution in [0.15, 0.2) is 30.4 Å². The number of carbonyl (C=O) groups excluding carboxylic acids is 1. The van der Waals surface area contributed by atoms with Gasteiger partial charge in [0.2, 0.25) is 0 Å². The predicted octanol–water partition coefficient (Wildman–Crippen LogP) is 4.00. The highest BCUT2D eigenvalue weighted by molar-refractivity contribution is 7.21. The lowest BCUT2D eigenvalue weighted by molar-refractivity contribution is 0.0961. The average Bonchev–Trinajstić information content (AvgIpc) is 2.63. The zero-order valence-electron chi connectivity index (χ0n) is 9.72. The Labute approximate surface area is 113 Å². The lowest BCUT2D eigenvalue weighted by Gasteiger charge is -2.02. The maximum Gasteiger partial charge on any atom is 0.263 e. The van der Waals surface area contributed by atoms with Gasteiger partial charge in [-0.1, -0.05) is 23.8 Å². The highest BCUT2D eigenvalue weighted by Crippen LogP contribution is 2.35. The summed E-state index contributed by atoms with van der Waals surface area (Å²) in [5, 5.41) is 3.78. The van der Waals surface area contributed by atoms with Gasteiger partial charge in [0.25, 0.3) is 5.91 Å². The third-order valence-corrected chi connectivity index (χ3v) is 4.00. The summed E-state index contributed by atoms with van der Waals surface area (Å²) >= 11 is 7.31. The Bertz CT molecular complexity index is 635. The number of benzene rings is 1. The third kappa shape index (κ3) is 2.54. The Morgan fingerprint density at radius 2 is 2.28 bits per heavy atom. The normalized spacial score (nSPS) is 10.6. The predicted molar refractivity (Wildman–Crippen MR) is 73.9 cm³/mol. The lowest BCUT2D eigenvalue weighted by atomic mass is 10.2. The number of carbonyl (C=O) groups is 1. The molecule has 0 fully saturated rings. The maximum absolute atomic E-state index is 13.1. The van der Waals surface area contributed by atoms with Gasteiger partial charge in [-0.15, -0.1) is 11.3 Å². The summed E-state index contributed by atoms with van der Waals surface area (Å²) in [6, 6.07) is 4.29. The van der Waals surface area contributed by atoms with Gasteiger partial charge in [0, 0.05) is 16.6 Å². The topological polar surface area (TPSA) is 29.1 Å². The monoisotopic (exact) mass is 283 g/mol. The molecule has 1 N–H and O–H groups in total. The molecule has 2 rings (SSSR count). The van der Waals surface area contributed by atoms with E-state index in [1.54, 1.807) is 6.07 Å². The SMILES string of the molecule is C=C(C)CNC(=O)c1sc2cc(F)ccc2c1Cl. The number of halogens is 2. The summed E-state index contributed by atoms with van der Waals surface area (Å²) in [7, 11) is 0. The second-order valence-electron chi connectivity index (χ2n) is 4.03. The van der Waals surface area contributed by atoms with Crippen molar-refractivity contribution in [2.45, 2.75) is 6.92 Å². The number of hydrogen-bond acceptors (Lipinski definition) is 2. The molecule has 0 unspecified atom stereocenters. The Morgan fingerprint density at radius 3 is 2.94 bits per heavy atom. The first kappa shape index (κ1) is 13.1. The van der Waals surface area contributed by atoms with Crippen molar-refractivity contribution >= 4 is 38.9 Å². The van der Waals surface area contributed by atoms with E-state index < -0.39 is 0 Å². The molecule has 0 saturated heterocycles. The van der Waals surface area contributed by atoms with Crippen molar-refractivity contribution in [2.75, 3.05) is 6.54 Å². The van der Waals surface area contributed by atoms with Gasteiger partial charge >= 0.3 is 0 Å². The van der Waals surface area contributed by atoms with Gasteiger partial charge < -0.3 is 5.32 Å². The van der Waals surface area contributed by atoms with Crippen molar-refractivity contribution in [2.24, 2.45) is 0 Å². The molecular weight excluding hydrogens is 273 g/mol. The molecule has 0 radical (unpaired) electrons. The van der Waals surface area contributed by atoms with Crippen LogP contribution in [0.4, 0.5) is 4.39 Å². The van der Waals surface area contributed by atoms with Gasteiger partial charge in [0.05, 0.1) is 5.02 Å². The fraction of sp³-hybridized carbons (Fsp3) is 0.154. The molecule has 1 amide bonds. The van der Waals surface area contributed by atoms with E-state index in [0.717, 1.165) is 5.57 Å². The minimum atomic E-state index is -0.339. The molecule has 0 saturated carbocycles. The van der Waals surface area contributed by atoms with Gasteiger partial charge in [-0.2, -0.15) is 0 Å². The van der Waals surface area contributed by atoms with Crippen LogP contribution in [0.1, 0.15) is 16.6 Å². The Kier molecular flexibility index (Phi) is 3.68. The van der Waals surface area contributed by atoms with Crippen molar-refractivity contribution < 1.29 is 9.18 Å². The van der Waals surface area contributed by atoms with Crippen LogP contribution in [-0.2, 0) is 0 Å². The molecule has 1 aromatic carbocycles. The van der Waals surface area contributed by atoms with E-state index in [4.69, 9.17) is 11.6 Å². The molecule has 18 heavy (non-hydrogen) atoms. The van der Waals surface area contributed by atoms with Crippen LogP contribution in [0.2, 0.25) is 5.02 Å². The molecular formula is C13H11ClFNOS. The standard InChI is InChI=1S/C13H11ClFNOS/c1-7(2)6-16-13(17)12-11(14)9-4-3-8(15)5-10(9)18-12/h3-5H,1,6H2,2H3,(H,16,17). The number of thiophene rings is 1. The molecule has 0 atom stereocenters.